The molecule has 0 aromatic heterocycles. The summed E-state index contributed by atoms with van der Waals surface area (Å²) < 4.78 is 10.8. The van der Waals surface area contributed by atoms with Crippen molar-refractivity contribution in [1.82, 2.24) is 20.4 Å². The van der Waals surface area contributed by atoms with E-state index < -0.39 is 0 Å². The molecule has 0 spiro atoms. The minimum atomic E-state index is 0. The van der Waals surface area contributed by atoms with Crippen LogP contribution in [0.5, 0.6) is 11.5 Å². The van der Waals surface area contributed by atoms with Gasteiger partial charge in [-0.1, -0.05) is 0 Å². The fourth-order valence-electron chi connectivity index (χ4n) is 4.15. The van der Waals surface area contributed by atoms with Gasteiger partial charge in [-0.15, -0.1) is 24.0 Å². The Morgan fingerprint density at radius 3 is 2.37 bits per heavy atom. The minimum Gasteiger partial charge on any atom is -0.497 e. The summed E-state index contributed by atoms with van der Waals surface area (Å²) in [6, 6.07) is 7.08. The fourth-order valence-corrected chi connectivity index (χ4v) is 4.15. The number of rotatable bonds is 9. The van der Waals surface area contributed by atoms with Gasteiger partial charge in [0.15, 0.2) is 5.96 Å². The molecule has 2 unspecified atom stereocenters. The number of hydrogen-bond acceptors (Lipinski definition) is 5. The minimum absolute atomic E-state index is 0. The summed E-state index contributed by atoms with van der Waals surface area (Å²) in [7, 11) is 9.58. The number of likely N-dealkylation sites (tertiary alicyclic amines) is 1. The van der Waals surface area contributed by atoms with Crippen molar-refractivity contribution in [2.45, 2.75) is 37.9 Å². The first-order valence-corrected chi connectivity index (χ1v) is 10.6. The molecule has 0 bridgehead atoms. The number of methoxy groups -OCH3 is 2. The molecule has 1 heterocycles. The quantitative estimate of drug-likeness (QED) is 0.290. The normalized spacial score (nSPS) is 20.6. The Hall–Kier alpha value is -1.26. The number of likely N-dealkylation sites (N-methyl/N-ethyl adjacent to an activating group) is 1. The topological polar surface area (TPSA) is 61.4 Å². The van der Waals surface area contributed by atoms with Crippen LogP contribution >= 0.6 is 24.0 Å². The van der Waals surface area contributed by atoms with Gasteiger partial charge in [-0.05, 0) is 57.0 Å². The predicted octanol–water partition coefficient (Wildman–Crippen LogP) is 2.40. The van der Waals surface area contributed by atoms with Crippen molar-refractivity contribution >= 4 is 29.9 Å². The van der Waals surface area contributed by atoms with Crippen LogP contribution in [0.1, 0.15) is 24.8 Å². The molecule has 1 saturated heterocycles. The first kappa shape index (κ1) is 25.0. The lowest BCUT2D eigenvalue weighted by Gasteiger charge is -2.26. The molecule has 7 nitrogen and oxygen atoms in total. The molecule has 3 rings (SSSR count). The molecule has 170 valence electrons. The number of ether oxygens (including phenoxy) is 2. The molecule has 2 N–H and O–H groups in total. The van der Waals surface area contributed by atoms with Crippen LogP contribution < -0.4 is 20.1 Å². The van der Waals surface area contributed by atoms with Crippen molar-refractivity contribution in [3.63, 3.8) is 0 Å². The standard InChI is InChI=1S/C22H37N5O2.HI/c1-23-22(24-13-21(26(2)3)17-6-7-17)25-18-8-9-27(15-18)14-16-10-19(28-4)12-20(11-16)29-5;/h10-12,17-18,21H,6-9,13-15H2,1-5H3,(H2,23,24,25);1H. The number of hydrogen-bond donors (Lipinski definition) is 2. The van der Waals surface area contributed by atoms with Crippen LogP contribution in [0.2, 0.25) is 0 Å². The van der Waals surface area contributed by atoms with E-state index >= 15 is 0 Å². The zero-order valence-corrected chi connectivity index (χ0v) is 21.3. The van der Waals surface area contributed by atoms with Crippen LogP contribution in [0.25, 0.3) is 0 Å². The highest BCUT2D eigenvalue weighted by Gasteiger charge is 2.32. The third-order valence-electron chi connectivity index (χ3n) is 5.96. The third kappa shape index (κ3) is 7.16. The zero-order valence-electron chi connectivity index (χ0n) is 19.0. The maximum Gasteiger partial charge on any atom is 0.191 e. The number of halogens is 1. The highest BCUT2D eigenvalue weighted by molar-refractivity contribution is 14.0. The van der Waals surface area contributed by atoms with Crippen molar-refractivity contribution in [2.24, 2.45) is 10.9 Å². The molecule has 1 aromatic rings. The fraction of sp³-hybridized carbons (Fsp3) is 0.682. The molecular formula is C22H38IN5O2. The predicted molar refractivity (Wildman–Crippen MR) is 133 cm³/mol. The Balaban J connectivity index is 0.00000320. The largest absolute Gasteiger partial charge is 0.497 e. The van der Waals surface area contributed by atoms with Gasteiger partial charge in [-0.2, -0.15) is 0 Å². The Labute approximate surface area is 198 Å². The number of nitrogens with zero attached hydrogens (tertiary/aromatic N) is 3. The molecule has 0 amide bonds. The van der Waals surface area contributed by atoms with Crippen molar-refractivity contribution < 1.29 is 9.47 Å². The molecule has 1 aromatic carbocycles. The highest BCUT2D eigenvalue weighted by atomic mass is 127. The van der Waals surface area contributed by atoms with E-state index in [0.717, 1.165) is 56.0 Å². The molecule has 8 heteroatoms. The summed E-state index contributed by atoms with van der Waals surface area (Å²) in [5.74, 6) is 3.41. The third-order valence-corrected chi connectivity index (χ3v) is 5.96. The summed E-state index contributed by atoms with van der Waals surface area (Å²) in [6.07, 6.45) is 3.81. The first-order chi connectivity index (χ1) is 14.0. The Kier molecular flexibility index (Phi) is 9.96. The van der Waals surface area contributed by atoms with E-state index in [2.05, 4.69) is 51.7 Å². The van der Waals surface area contributed by atoms with Crippen molar-refractivity contribution in [2.75, 3.05) is 55.0 Å². The lowest BCUT2D eigenvalue weighted by molar-refractivity contribution is 0.263. The van der Waals surface area contributed by atoms with Gasteiger partial charge in [-0.25, -0.2) is 0 Å². The monoisotopic (exact) mass is 531 g/mol. The van der Waals surface area contributed by atoms with E-state index in [-0.39, 0.29) is 24.0 Å². The van der Waals surface area contributed by atoms with Gasteiger partial charge in [0, 0.05) is 51.4 Å². The van der Waals surface area contributed by atoms with Gasteiger partial charge < -0.3 is 25.0 Å². The summed E-state index contributed by atoms with van der Waals surface area (Å²) in [5, 5.41) is 7.15. The average molecular weight is 531 g/mol. The molecule has 2 aliphatic rings. The molecule has 1 saturated carbocycles. The molecule has 1 aliphatic heterocycles. The second kappa shape index (κ2) is 12.0. The van der Waals surface area contributed by atoms with E-state index in [1.165, 1.54) is 18.4 Å². The van der Waals surface area contributed by atoms with Gasteiger partial charge in [0.2, 0.25) is 0 Å². The van der Waals surface area contributed by atoms with Crippen molar-refractivity contribution in [3.05, 3.63) is 23.8 Å². The van der Waals surface area contributed by atoms with Gasteiger partial charge in [-0.3, -0.25) is 9.89 Å². The smallest absolute Gasteiger partial charge is 0.191 e. The van der Waals surface area contributed by atoms with E-state index in [1.54, 1.807) is 14.2 Å². The van der Waals surface area contributed by atoms with E-state index in [1.807, 2.05) is 13.1 Å². The highest BCUT2D eigenvalue weighted by Crippen LogP contribution is 2.34. The van der Waals surface area contributed by atoms with Crippen LogP contribution in [-0.2, 0) is 6.54 Å². The summed E-state index contributed by atoms with van der Waals surface area (Å²) in [6.45, 7) is 3.90. The molecule has 2 fully saturated rings. The SMILES string of the molecule is CN=C(NCC(C1CC1)N(C)C)NC1CCN(Cc2cc(OC)cc(OC)c2)C1.I. The molecule has 30 heavy (non-hydrogen) atoms. The Morgan fingerprint density at radius 2 is 1.83 bits per heavy atom. The van der Waals surface area contributed by atoms with Crippen LogP contribution in [-0.4, -0.2) is 82.8 Å². The summed E-state index contributed by atoms with van der Waals surface area (Å²) in [5.41, 5.74) is 1.21. The van der Waals surface area contributed by atoms with Gasteiger partial charge in [0.1, 0.15) is 11.5 Å². The zero-order chi connectivity index (χ0) is 20.8. The van der Waals surface area contributed by atoms with E-state index in [0.29, 0.717) is 12.1 Å². The maximum atomic E-state index is 5.40. The molecular weight excluding hydrogens is 493 g/mol. The number of nitrogens with one attached hydrogen (secondary N) is 2. The van der Waals surface area contributed by atoms with E-state index in [4.69, 9.17) is 9.47 Å². The summed E-state index contributed by atoms with van der Waals surface area (Å²) >= 11 is 0. The van der Waals surface area contributed by atoms with Crippen LogP contribution in [0.3, 0.4) is 0 Å². The van der Waals surface area contributed by atoms with Crippen molar-refractivity contribution in [3.8, 4) is 11.5 Å². The molecule has 1 aliphatic carbocycles. The average Bonchev–Trinajstić information content (AvgIpc) is 3.46. The Morgan fingerprint density at radius 1 is 1.17 bits per heavy atom. The van der Waals surface area contributed by atoms with Gasteiger partial charge in [0.05, 0.1) is 14.2 Å². The Bertz CT molecular complexity index is 672. The number of guanidine groups is 1. The van der Waals surface area contributed by atoms with Crippen LogP contribution in [0.4, 0.5) is 0 Å². The number of aliphatic imine (C=N–C) groups is 1. The number of benzene rings is 1. The van der Waals surface area contributed by atoms with Crippen molar-refractivity contribution in [1.29, 1.82) is 0 Å². The molecule has 0 radical (unpaired) electrons. The van der Waals surface area contributed by atoms with Crippen LogP contribution in [0.15, 0.2) is 23.2 Å². The van der Waals surface area contributed by atoms with Gasteiger partial charge in [0.25, 0.3) is 0 Å². The van der Waals surface area contributed by atoms with Crippen LogP contribution in [0, 0.1) is 5.92 Å². The van der Waals surface area contributed by atoms with E-state index in [9.17, 15) is 0 Å². The summed E-state index contributed by atoms with van der Waals surface area (Å²) in [4.78, 5) is 9.24. The second-order valence-corrected chi connectivity index (χ2v) is 8.41. The molecule has 2 atom stereocenters. The lowest BCUT2D eigenvalue weighted by atomic mass is 10.1. The van der Waals surface area contributed by atoms with Gasteiger partial charge >= 0.3 is 0 Å². The second-order valence-electron chi connectivity index (χ2n) is 8.41. The first-order valence-electron chi connectivity index (χ1n) is 10.6. The maximum absolute atomic E-state index is 5.40. The lowest BCUT2D eigenvalue weighted by Crippen LogP contribution is -2.49.